The third-order valence-electron chi connectivity index (χ3n) is 11.5. The lowest BCUT2D eigenvalue weighted by atomic mass is 10.0. The van der Waals surface area contributed by atoms with Crippen LogP contribution in [-0.4, -0.2) is 34.9 Å². The average Bonchev–Trinajstić information content (AvgIpc) is 3.18. The molecule has 4 nitrogen and oxygen atoms in total. The van der Waals surface area contributed by atoms with Crippen molar-refractivity contribution in [2.24, 2.45) is 0 Å². The molecular weight excluding hydrogens is 663 g/mol. The molecule has 0 aromatic rings. The largest absolute Gasteiger partial charge is 0.394 e. The number of rotatable bonds is 45. The van der Waals surface area contributed by atoms with Gasteiger partial charge in [0.2, 0.25) is 5.91 Å². The van der Waals surface area contributed by atoms with Crippen LogP contribution in [0.2, 0.25) is 0 Å². The smallest absolute Gasteiger partial charge is 0.220 e. The zero-order chi connectivity index (χ0) is 39.3. The fourth-order valence-electron chi connectivity index (χ4n) is 7.69. The highest BCUT2D eigenvalue weighted by Crippen LogP contribution is 2.16. The molecule has 1 amide bonds. The van der Waals surface area contributed by atoms with Crippen LogP contribution in [0, 0.1) is 0 Å². The minimum absolute atomic E-state index is 0.0327. The molecule has 0 saturated carbocycles. The number of hydrogen-bond donors (Lipinski definition) is 3. The van der Waals surface area contributed by atoms with Crippen LogP contribution in [0.15, 0.2) is 24.3 Å². The number of aliphatic hydroxyl groups excluding tert-OH is 2. The first-order valence-electron chi connectivity index (χ1n) is 24.5. The van der Waals surface area contributed by atoms with Gasteiger partial charge in [-0.1, -0.05) is 244 Å². The molecule has 3 N–H and O–H groups in total. The van der Waals surface area contributed by atoms with Crippen LogP contribution in [0.4, 0.5) is 0 Å². The molecule has 0 aliphatic heterocycles. The first-order valence-corrected chi connectivity index (χ1v) is 24.5. The van der Waals surface area contributed by atoms with Gasteiger partial charge in [-0.05, 0) is 44.9 Å². The van der Waals surface area contributed by atoms with Crippen molar-refractivity contribution in [2.75, 3.05) is 6.61 Å². The normalized spacial score (nSPS) is 13.0. The lowest BCUT2D eigenvalue weighted by Gasteiger charge is -2.22. The summed E-state index contributed by atoms with van der Waals surface area (Å²) in [6, 6.07) is -0.537. The minimum Gasteiger partial charge on any atom is -0.394 e. The fraction of sp³-hybridized carbons (Fsp3) is 0.900. The van der Waals surface area contributed by atoms with Crippen LogP contribution < -0.4 is 5.32 Å². The molecule has 0 aromatic carbocycles. The number of hydrogen-bond acceptors (Lipinski definition) is 3. The number of nitrogens with one attached hydrogen (secondary N) is 1. The van der Waals surface area contributed by atoms with Gasteiger partial charge in [0, 0.05) is 6.42 Å². The third kappa shape index (κ3) is 42.0. The van der Waals surface area contributed by atoms with Crippen LogP contribution in [0.5, 0.6) is 0 Å². The Morgan fingerprint density at radius 2 is 0.759 bits per heavy atom. The number of amides is 1. The van der Waals surface area contributed by atoms with Crippen LogP contribution in [0.3, 0.4) is 0 Å². The molecule has 0 rings (SSSR count). The molecule has 320 valence electrons. The van der Waals surface area contributed by atoms with E-state index in [0.29, 0.717) is 12.8 Å². The van der Waals surface area contributed by atoms with Gasteiger partial charge in [-0.2, -0.15) is 0 Å². The topological polar surface area (TPSA) is 69.6 Å². The average molecular weight is 760 g/mol. The highest BCUT2D eigenvalue weighted by atomic mass is 16.3. The van der Waals surface area contributed by atoms with Gasteiger partial charge in [-0.15, -0.1) is 0 Å². The molecule has 0 aliphatic carbocycles. The highest BCUT2D eigenvalue weighted by Gasteiger charge is 2.20. The van der Waals surface area contributed by atoms with Gasteiger partial charge >= 0.3 is 0 Å². The Balaban J connectivity index is 3.49. The zero-order valence-corrected chi connectivity index (χ0v) is 36.8. The number of unbranched alkanes of at least 4 members (excludes halogenated alkanes) is 34. The Hall–Kier alpha value is -1.13. The molecule has 0 heterocycles. The van der Waals surface area contributed by atoms with Crippen molar-refractivity contribution >= 4 is 5.91 Å². The summed E-state index contributed by atoms with van der Waals surface area (Å²) in [6.45, 7) is 4.38. The summed E-state index contributed by atoms with van der Waals surface area (Å²) >= 11 is 0. The van der Waals surface area contributed by atoms with E-state index >= 15 is 0 Å². The first-order chi connectivity index (χ1) is 26.7. The van der Waals surface area contributed by atoms with Crippen molar-refractivity contribution in [2.45, 2.75) is 283 Å². The number of allylic oxidation sites excluding steroid dienone is 4. The summed E-state index contributed by atoms with van der Waals surface area (Å²) in [5, 5.41) is 23.2. The quantitative estimate of drug-likeness (QED) is 0.0428. The molecule has 4 heteroatoms. The van der Waals surface area contributed by atoms with Crippen molar-refractivity contribution in [3.8, 4) is 0 Å². The van der Waals surface area contributed by atoms with Crippen LogP contribution >= 0.6 is 0 Å². The van der Waals surface area contributed by atoms with E-state index in [1.165, 1.54) is 212 Å². The maximum Gasteiger partial charge on any atom is 0.220 e. The maximum absolute atomic E-state index is 12.4. The number of carbonyl (C=O) groups is 1. The van der Waals surface area contributed by atoms with Crippen molar-refractivity contribution in [1.29, 1.82) is 0 Å². The highest BCUT2D eigenvalue weighted by molar-refractivity contribution is 5.76. The van der Waals surface area contributed by atoms with Crippen LogP contribution in [0.25, 0.3) is 0 Å². The molecule has 0 aromatic heterocycles. The molecule has 54 heavy (non-hydrogen) atoms. The Morgan fingerprint density at radius 3 is 1.11 bits per heavy atom. The summed E-state index contributed by atoms with van der Waals surface area (Å²) in [5.41, 5.74) is 0. The van der Waals surface area contributed by atoms with E-state index in [2.05, 4.69) is 43.5 Å². The summed E-state index contributed by atoms with van der Waals surface area (Å²) in [6.07, 6.45) is 59.8. The van der Waals surface area contributed by atoms with Crippen molar-refractivity contribution < 1.29 is 15.0 Å². The van der Waals surface area contributed by atoms with Crippen LogP contribution in [0.1, 0.15) is 271 Å². The molecule has 0 radical (unpaired) electrons. The maximum atomic E-state index is 12.4. The Labute approximate surface area is 339 Å². The second-order valence-electron chi connectivity index (χ2n) is 16.9. The molecular formula is C50H97NO3. The predicted molar refractivity (Wildman–Crippen MR) is 239 cm³/mol. The van der Waals surface area contributed by atoms with Gasteiger partial charge < -0.3 is 15.5 Å². The molecule has 2 atom stereocenters. The van der Waals surface area contributed by atoms with Gasteiger partial charge in [0.25, 0.3) is 0 Å². The van der Waals surface area contributed by atoms with Crippen molar-refractivity contribution in [3.05, 3.63) is 24.3 Å². The zero-order valence-electron chi connectivity index (χ0n) is 36.8. The first kappa shape index (κ1) is 52.9. The lowest BCUT2D eigenvalue weighted by molar-refractivity contribution is -0.123. The Kier molecular flexibility index (Phi) is 45.3. The SMILES string of the molecule is CCCCCCCCCCC/C=C\C/C=C\CCCCCCCCCCCC(=O)NC(CO)C(O)CCCCCCCCCCCCCCCCCCC. The van der Waals surface area contributed by atoms with Crippen molar-refractivity contribution in [3.63, 3.8) is 0 Å². The Morgan fingerprint density at radius 1 is 0.444 bits per heavy atom. The summed E-state index contributed by atoms with van der Waals surface area (Å²) in [4.78, 5) is 12.4. The molecule has 0 fully saturated rings. The number of carbonyl (C=O) groups excluding carboxylic acids is 1. The van der Waals surface area contributed by atoms with E-state index in [-0.39, 0.29) is 12.5 Å². The predicted octanol–water partition coefficient (Wildman–Crippen LogP) is 15.6. The molecule has 0 spiro atoms. The van der Waals surface area contributed by atoms with E-state index in [9.17, 15) is 15.0 Å². The standard InChI is InChI=1S/C50H97NO3/c1-3-5-7-9-11-13-15-17-19-21-22-23-24-25-26-27-28-30-32-34-36-38-40-42-44-46-50(54)51-48(47-52)49(53)45-43-41-39-37-35-33-31-29-20-18-16-14-12-10-8-6-4-2/h22-23,25-26,48-49,52-53H,3-21,24,27-47H2,1-2H3,(H,51,54)/b23-22-,26-25-. The van der Waals surface area contributed by atoms with Gasteiger partial charge in [0.15, 0.2) is 0 Å². The molecule has 2 unspecified atom stereocenters. The third-order valence-corrected chi connectivity index (χ3v) is 11.5. The number of aliphatic hydroxyl groups is 2. The molecule has 0 aliphatic rings. The van der Waals surface area contributed by atoms with E-state index in [1.807, 2.05) is 0 Å². The lowest BCUT2D eigenvalue weighted by Crippen LogP contribution is -2.45. The second-order valence-corrected chi connectivity index (χ2v) is 16.9. The minimum atomic E-state index is -0.660. The van der Waals surface area contributed by atoms with E-state index < -0.39 is 12.1 Å². The summed E-state index contributed by atoms with van der Waals surface area (Å²) in [5.74, 6) is -0.0327. The van der Waals surface area contributed by atoms with E-state index in [4.69, 9.17) is 0 Å². The van der Waals surface area contributed by atoms with Gasteiger partial charge in [-0.25, -0.2) is 0 Å². The summed E-state index contributed by atoms with van der Waals surface area (Å²) in [7, 11) is 0. The van der Waals surface area contributed by atoms with E-state index in [0.717, 1.165) is 32.1 Å². The Bertz CT molecular complexity index is 780. The second kappa shape index (κ2) is 46.3. The van der Waals surface area contributed by atoms with Crippen LogP contribution in [-0.2, 0) is 4.79 Å². The fourth-order valence-corrected chi connectivity index (χ4v) is 7.69. The summed E-state index contributed by atoms with van der Waals surface area (Å²) < 4.78 is 0. The van der Waals surface area contributed by atoms with Crippen molar-refractivity contribution in [1.82, 2.24) is 5.32 Å². The van der Waals surface area contributed by atoms with Gasteiger partial charge in [0.1, 0.15) is 0 Å². The molecule has 0 saturated heterocycles. The molecule has 0 bridgehead atoms. The van der Waals surface area contributed by atoms with E-state index in [1.54, 1.807) is 0 Å². The van der Waals surface area contributed by atoms with Gasteiger partial charge in [-0.3, -0.25) is 4.79 Å². The monoisotopic (exact) mass is 760 g/mol. The van der Waals surface area contributed by atoms with Gasteiger partial charge in [0.05, 0.1) is 18.8 Å².